The highest BCUT2D eigenvalue weighted by Gasteiger charge is 1.92. The molecule has 0 saturated carbocycles. The fourth-order valence-electron chi connectivity index (χ4n) is 1.08. The van der Waals surface area contributed by atoms with E-state index in [0.29, 0.717) is 52.9 Å². The van der Waals surface area contributed by atoms with Gasteiger partial charge in [0.25, 0.3) is 0 Å². The van der Waals surface area contributed by atoms with E-state index in [0.717, 1.165) is 13.2 Å². The molecule has 0 heterocycles. The third kappa shape index (κ3) is 31.9. The summed E-state index contributed by atoms with van der Waals surface area (Å²) in [5, 5.41) is 3.01. The predicted octanol–water partition coefficient (Wildman–Crippen LogP) is 1.97. The van der Waals surface area contributed by atoms with Crippen LogP contribution in [0.1, 0.15) is 27.7 Å². The van der Waals surface area contributed by atoms with E-state index in [2.05, 4.69) is 5.32 Å². The van der Waals surface area contributed by atoms with Crippen molar-refractivity contribution in [3.8, 4) is 0 Å². The molecule has 0 spiro atoms. The van der Waals surface area contributed by atoms with Gasteiger partial charge in [0.1, 0.15) is 0 Å². The van der Waals surface area contributed by atoms with Crippen LogP contribution in [0.4, 0.5) is 0 Å². The Morgan fingerprint density at radius 3 is 1.18 bits per heavy atom. The second kappa shape index (κ2) is 32.6. The number of methoxy groups -OCH3 is 1. The molecule has 0 atom stereocenters. The minimum atomic E-state index is 0.587. The van der Waals surface area contributed by atoms with Crippen LogP contribution in [-0.2, 0) is 23.7 Å². The van der Waals surface area contributed by atoms with Crippen LogP contribution in [0.25, 0.3) is 0 Å². The molecule has 0 aliphatic heterocycles. The monoisotopic (exact) mass is 325 g/mol. The van der Waals surface area contributed by atoms with Gasteiger partial charge < -0.3 is 29.0 Å². The fraction of sp³-hybridized carbons (Fsp3) is 1.00. The largest absolute Gasteiger partial charge is 0.382 e. The molecule has 138 valence electrons. The van der Waals surface area contributed by atoms with Gasteiger partial charge in [0.2, 0.25) is 0 Å². The molecule has 0 unspecified atom stereocenters. The molecule has 0 bridgehead atoms. The molecule has 0 aliphatic carbocycles. The summed E-state index contributed by atoms with van der Waals surface area (Å²) in [5.74, 6) is 0. The van der Waals surface area contributed by atoms with Gasteiger partial charge in [0.05, 0.1) is 59.5 Å². The number of hydrogen-bond donors (Lipinski definition) is 1. The zero-order chi connectivity index (χ0) is 17.3. The minimum absolute atomic E-state index is 0.587. The molecule has 0 radical (unpaired) electrons. The summed E-state index contributed by atoms with van der Waals surface area (Å²) in [6.07, 6.45) is 0. The van der Waals surface area contributed by atoms with Crippen molar-refractivity contribution < 1.29 is 23.7 Å². The van der Waals surface area contributed by atoms with Gasteiger partial charge in [-0.1, -0.05) is 27.7 Å². The topological polar surface area (TPSA) is 58.2 Å². The maximum absolute atomic E-state index is 5.33. The van der Waals surface area contributed by atoms with Crippen molar-refractivity contribution >= 4 is 0 Å². The highest BCUT2D eigenvalue weighted by molar-refractivity contribution is 4.37. The van der Waals surface area contributed by atoms with Crippen LogP contribution in [0.15, 0.2) is 0 Å². The van der Waals surface area contributed by atoms with Gasteiger partial charge in [-0.05, 0) is 7.05 Å². The average molecular weight is 325 g/mol. The van der Waals surface area contributed by atoms with E-state index in [-0.39, 0.29) is 0 Å². The smallest absolute Gasteiger partial charge is 0.0701 e. The lowest BCUT2D eigenvalue weighted by molar-refractivity contribution is -0.00742. The normalized spacial score (nSPS) is 9.55. The number of hydrogen-bond acceptors (Lipinski definition) is 6. The van der Waals surface area contributed by atoms with Crippen LogP contribution in [0.5, 0.6) is 0 Å². The molecule has 6 heteroatoms. The fourth-order valence-corrected chi connectivity index (χ4v) is 1.08. The summed E-state index contributed by atoms with van der Waals surface area (Å²) >= 11 is 0. The Balaban J connectivity index is -0.000000826. The molecule has 6 nitrogen and oxygen atoms in total. The zero-order valence-electron chi connectivity index (χ0n) is 15.6. The first-order valence-corrected chi connectivity index (χ1v) is 8.36. The van der Waals surface area contributed by atoms with Crippen LogP contribution in [0.3, 0.4) is 0 Å². The third-order valence-electron chi connectivity index (χ3n) is 2.04. The molecule has 0 amide bonds. The lowest BCUT2D eigenvalue weighted by Gasteiger charge is -2.07. The molecule has 0 aromatic rings. The summed E-state index contributed by atoms with van der Waals surface area (Å²) in [5.41, 5.74) is 0. The van der Waals surface area contributed by atoms with Crippen molar-refractivity contribution in [1.82, 2.24) is 5.32 Å². The molecule has 0 fully saturated rings. The standard InChI is InChI=1S/C12H27NO5.2C2H6/c1-13-3-4-15-7-8-17-11-12-18-10-9-16-6-5-14-2;2*1-2/h13H,3-12H2,1-2H3;2*1-2H3. The van der Waals surface area contributed by atoms with E-state index in [1.54, 1.807) is 7.11 Å². The van der Waals surface area contributed by atoms with Crippen molar-refractivity contribution in [2.45, 2.75) is 27.7 Å². The van der Waals surface area contributed by atoms with Gasteiger partial charge >= 0.3 is 0 Å². The van der Waals surface area contributed by atoms with Gasteiger partial charge in [-0.25, -0.2) is 0 Å². The van der Waals surface area contributed by atoms with Crippen LogP contribution >= 0.6 is 0 Å². The highest BCUT2D eigenvalue weighted by Crippen LogP contribution is 1.82. The molecule has 0 aromatic heterocycles. The first kappa shape index (κ1) is 26.6. The number of nitrogens with one attached hydrogen (secondary N) is 1. The molecule has 0 rings (SSSR count). The molecule has 0 saturated heterocycles. The Bertz CT molecular complexity index is 134. The minimum Gasteiger partial charge on any atom is -0.382 e. The molecule has 0 aliphatic rings. The first-order chi connectivity index (χ1) is 10.9. The Labute approximate surface area is 137 Å². The van der Waals surface area contributed by atoms with Crippen LogP contribution in [0.2, 0.25) is 0 Å². The SMILES string of the molecule is CC.CC.CNCCOCCOCCOCCOCCOC. The van der Waals surface area contributed by atoms with Crippen LogP contribution < -0.4 is 5.32 Å². The van der Waals surface area contributed by atoms with Crippen molar-refractivity contribution in [3.63, 3.8) is 0 Å². The Morgan fingerprint density at radius 1 is 0.545 bits per heavy atom. The summed E-state index contributed by atoms with van der Waals surface area (Å²) < 4.78 is 26.0. The summed E-state index contributed by atoms with van der Waals surface area (Å²) in [6, 6.07) is 0. The molecule has 0 aromatic carbocycles. The van der Waals surface area contributed by atoms with Gasteiger partial charge in [-0.2, -0.15) is 0 Å². The van der Waals surface area contributed by atoms with Gasteiger partial charge in [-0.15, -0.1) is 0 Å². The van der Waals surface area contributed by atoms with Crippen molar-refractivity contribution in [2.75, 3.05) is 80.2 Å². The van der Waals surface area contributed by atoms with E-state index in [9.17, 15) is 0 Å². The number of ether oxygens (including phenoxy) is 5. The zero-order valence-corrected chi connectivity index (χ0v) is 15.6. The molecular weight excluding hydrogens is 286 g/mol. The maximum atomic E-state index is 5.33. The summed E-state index contributed by atoms with van der Waals surface area (Å²) in [7, 11) is 3.55. The lowest BCUT2D eigenvalue weighted by atomic mass is 10.6. The molecule has 22 heavy (non-hydrogen) atoms. The second-order valence-corrected chi connectivity index (χ2v) is 3.55. The molecular formula is C16H39NO5. The van der Waals surface area contributed by atoms with Gasteiger partial charge in [0.15, 0.2) is 0 Å². The van der Waals surface area contributed by atoms with E-state index in [4.69, 9.17) is 23.7 Å². The predicted molar refractivity (Wildman–Crippen MR) is 91.8 cm³/mol. The van der Waals surface area contributed by atoms with E-state index in [1.807, 2.05) is 34.7 Å². The summed E-state index contributed by atoms with van der Waals surface area (Å²) in [4.78, 5) is 0. The maximum Gasteiger partial charge on any atom is 0.0701 e. The van der Waals surface area contributed by atoms with E-state index < -0.39 is 0 Å². The Morgan fingerprint density at radius 2 is 0.864 bits per heavy atom. The quantitative estimate of drug-likeness (QED) is 0.465. The Kier molecular flexibility index (Phi) is 39.5. The van der Waals surface area contributed by atoms with Crippen molar-refractivity contribution in [3.05, 3.63) is 0 Å². The first-order valence-electron chi connectivity index (χ1n) is 8.36. The molecule has 1 N–H and O–H groups in total. The lowest BCUT2D eigenvalue weighted by Crippen LogP contribution is -2.17. The average Bonchev–Trinajstić information content (AvgIpc) is 2.59. The van der Waals surface area contributed by atoms with Gasteiger partial charge in [0, 0.05) is 13.7 Å². The van der Waals surface area contributed by atoms with Crippen molar-refractivity contribution in [1.29, 1.82) is 0 Å². The third-order valence-corrected chi connectivity index (χ3v) is 2.04. The van der Waals surface area contributed by atoms with Crippen LogP contribution in [-0.4, -0.2) is 80.2 Å². The van der Waals surface area contributed by atoms with E-state index >= 15 is 0 Å². The van der Waals surface area contributed by atoms with E-state index in [1.165, 1.54) is 0 Å². The second-order valence-electron chi connectivity index (χ2n) is 3.55. The van der Waals surface area contributed by atoms with Gasteiger partial charge in [-0.3, -0.25) is 0 Å². The van der Waals surface area contributed by atoms with Crippen molar-refractivity contribution in [2.24, 2.45) is 0 Å². The van der Waals surface area contributed by atoms with Crippen LogP contribution in [0, 0.1) is 0 Å². The number of rotatable bonds is 15. The Hall–Kier alpha value is -0.240. The highest BCUT2D eigenvalue weighted by atomic mass is 16.6. The number of likely N-dealkylation sites (N-methyl/N-ethyl adjacent to an activating group) is 1. The summed E-state index contributed by atoms with van der Waals surface area (Å²) in [6.45, 7) is 14.4.